The Hall–Kier alpha value is -2.11. The van der Waals surface area contributed by atoms with Crippen molar-refractivity contribution in [2.24, 2.45) is 5.92 Å². The lowest BCUT2D eigenvalue weighted by Gasteiger charge is -2.21. The van der Waals surface area contributed by atoms with E-state index in [0.29, 0.717) is 11.6 Å². The molecule has 1 heterocycles. The zero-order valence-electron chi connectivity index (χ0n) is 12.3. The molecule has 1 aliphatic carbocycles. The fourth-order valence-corrected chi connectivity index (χ4v) is 3.04. The van der Waals surface area contributed by atoms with E-state index in [0.717, 1.165) is 23.7 Å². The molecule has 6 heteroatoms. The molecule has 0 atom stereocenters. The van der Waals surface area contributed by atoms with Gasteiger partial charge in [0.15, 0.2) is 5.82 Å². The molecule has 0 saturated heterocycles. The highest BCUT2D eigenvalue weighted by Crippen LogP contribution is 2.31. The van der Waals surface area contributed by atoms with Crippen LogP contribution in [0.2, 0.25) is 0 Å². The first-order valence-corrected chi connectivity index (χ1v) is 7.48. The van der Waals surface area contributed by atoms with Gasteiger partial charge in [0.2, 0.25) is 0 Å². The highest BCUT2D eigenvalue weighted by Gasteiger charge is 2.19. The molecule has 1 saturated carbocycles. The fourth-order valence-electron chi connectivity index (χ4n) is 3.04. The molecule has 112 valence electrons. The first-order chi connectivity index (χ1) is 10.3. The van der Waals surface area contributed by atoms with Gasteiger partial charge in [0.05, 0.1) is 12.7 Å². The van der Waals surface area contributed by atoms with Gasteiger partial charge in [0.1, 0.15) is 5.75 Å². The van der Waals surface area contributed by atoms with Gasteiger partial charge in [-0.15, -0.1) is 5.10 Å². The van der Waals surface area contributed by atoms with Gasteiger partial charge in [-0.25, -0.2) is 4.68 Å². The minimum absolute atomic E-state index is 0.660. The summed E-state index contributed by atoms with van der Waals surface area (Å²) in [4.78, 5) is 0. The van der Waals surface area contributed by atoms with Gasteiger partial charge in [-0.2, -0.15) is 0 Å². The Kier molecular flexibility index (Phi) is 4.03. The van der Waals surface area contributed by atoms with Gasteiger partial charge < -0.3 is 10.5 Å². The minimum Gasteiger partial charge on any atom is -0.496 e. The molecule has 1 aliphatic rings. The summed E-state index contributed by atoms with van der Waals surface area (Å²) in [5.41, 5.74) is 7.41. The summed E-state index contributed by atoms with van der Waals surface area (Å²) >= 11 is 0. The van der Waals surface area contributed by atoms with Crippen molar-refractivity contribution in [1.82, 2.24) is 20.2 Å². The molecule has 2 aromatic rings. The number of aromatic nitrogens is 4. The topological polar surface area (TPSA) is 78.8 Å². The SMILES string of the molecule is COc1ccc(N)cc1-c1nnnn1CC1CCCCC1. The molecule has 6 nitrogen and oxygen atoms in total. The smallest absolute Gasteiger partial charge is 0.185 e. The Morgan fingerprint density at radius 2 is 2.10 bits per heavy atom. The van der Waals surface area contributed by atoms with E-state index in [1.165, 1.54) is 32.1 Å². The number of rotatable bonds is 4. The van der Waals surface area contributed by atoms with E-state index in [9.17, 15) is 0 Å². The molecule has 21 heavy (non-hydrogen) atoms. The number of hydrogen-bond donors (Lipinski definition) is 1. The Morgan fingerprint density at radius 1 is 1.29 bits per heavy atom. The van der Waals surface area contributed by atoms with Gasteiger partial charge in [0.25, 0.3) is 0 Å². The summed E-state index contributed by atoms with van der Waals surface area (Å²) in [6, 6.07) is 5.53. The van der Waals surface area contributed by atoms with Gasteiger partial charge in [-0.05, 0) is 47.4 Å². The Morgan fingerprint density at radius 3 is 2.86 bits per heavy atom. The van der Waals surface area contributed by atoms with E-state index < -0.39 is 0 Å². The van der Waals surface area contributed by atoms with E-state index >= 15 is 0 Å². The van der Waals surface area contributed by atoms with E-state index in [4.69, 9.17) is 10.5 Å². The zero-order valence-corrected chi connectivity index (χ0v) is 12.3. The molecule has 2 N–H and O–H groups in total. The number of hydrogen-bond acceptors (Lipinski definition) is 5. The number of nitrogens with zero attached hydrogens (tertiary/aromatic N) is 4. The monoisotopic (exact) mass is 287 g/mol. The van der Waals surface area contributed by atoms with Crippen LogP contribution in [0.1, 0.15) is 32.1 Å². The highest BCUT2D eigenvalue weighted by molar-refractivity contribution is 5.68. The molecule has 0 amide bonds. The Balaban J connectivity index is 1.89. The van der Waals surface area contributed by atoms with E-state index in [1.54, 1.807) is 7.11 Å². The van der Waals surface area contributed by atoms with Crippen LogP contribution in [-0.4, -0.2) is 27.3 Å². The summed E-state index contributed by atoms with van der Waals surface area (Å²) < 4.78 is 7.29. The number of ether oxygens (including phenoxy) is 1. The maximum Gasteiger partial charge on any atom is 0.185 e. The molecular formula is C15H21N5O. The van der Waals surface area contributed by atoms with Crippen LogP contribution in [0, 0.1) is 5.92 Å². The maximum atomic E-state index is 5.89. The molecule has 0 bridgehead atoms. The standard InChI is InChI=1S/C15H21N5O/c1-21-14-8-7-12(16)9-13(14)15-17-18-19-20(15)10-11-5-3-2-4-6-11/h7-9,11H,2-6,10,16H2,1H3. The Labute approximate surface area is 124 Å². The van der Waals surface area contributed by atoms with E-state index in [1.807, 2.05) is 22.9 Å². The zero-order chi connectivity index (χ0) is 14.7. The molecule has 0 aliphatic heterocycles. The second kappa shape index (κ2) is 6.11. The molecule has 0 unspecified atom stereocenters. The highest BCUT2D eigenvalue weighted by atomic mass is 16.5. The average molecular weight is 287 g/mol. The molecule has 3 rings (SSSR count). The van der Waals surface area contributed by atoms with Crippen molar-refractivity contribution in [3.63, 3.8) is 0 Å². The largest absolute Gasteiger partial charge is 0.496 e. The van der Waals surface area contributed by atoms with Crippen LogP contribution in [0.3, 0.4) is 0 Å². The summed E-state index contributed by atoms with van der Waals surface area (Å²) in [6.45, 7) is 0.861. The van der Waals surface area contributed by atoms with Crippen molar-refractivity contribution >= 4 is 5.69 Å². The first kappa shape index (κ1) is 13.9. The molecule has 0 radical (unpaired) electrons. The lowest BCUT2D eigenvalue weighted by atomic mass is 9.89. The molecule has 1 aromatic heterocycles. The lowest BCUT2D eigenvalue weighted by molar-refractivity contribution is 0.307. The van der Waals surface area contributed by atoms with Crippen molar-refractivity contribution in [3.05, 3.63) is 18.2 Å². The van der Waals surface area contributed by atoms with Crippen LogP contribution < -0.4 is 10.5 Å². The third kappa shape index (κ3) is 2.99. The number of anilines is 1. The van der Waals surface area contributed by atoms with Crippen molar-refractivity contribution < 1.29 is 4.74 Å². The van der Waals surface area contributed by atoms with Crippen LogP contribution in [0.15, 0.2) is 18.2 Å². The third-order valence-electron chi connectivity index (χ3n) is 4.15. The maximum absolute atomic E-state index is 5.89. The number of benzene rings is 1. The van der Waals surface area contributed by atoms with Crippen molar-refractivity contribution in [3.8, 4) is 17.1 Å². The number of methoxy groups -OCH3 is 1. The number of nitrogen functional groups attached to an aromatic ring is 1. The van der Waals surface area contributed by atoms with Gasteiger partial charge in [-0.3, -0.25) is 0 Å². The van der Waals surface area contributed by atoms with Crippen LogP contribution in [0.25, 0.3) is 11.4 Å². The van der Waals surface area contributed by atoms with Gasteiger partial charge in [0, 0.05) is 12.2 Å². The molecule has 0 spiro atoms. The Bertz CT molecular complexity index is 604. The van der Waals surface area contributed by atoms with Crippen LogP contribution in [0.5, 0.6) is 5.75 Å². The van der Waals surface area contributed by atoms with Crippen molar-refractivity contribution in [2.45, 2.75) is 38.6 Å². The van der Waals surface area contributed by atoms with Gasteiger partial charge >= 0.3 is 0 Å². The molecular weight excluding hydrogens is 266 g/mol. The predicted octanol–water partition coefficient (Wildman–Crippen LogP) is 2.51. The van der Waals surface area contributed by atoms with Crippen LogP contribution >= 0.6 is 0 Å². The second-order valence-corrected chi connectivity index (χ2v) is 5.65. The van der Waals surface area contributed by atoms with Crippen LogP contribution in [0.4, 0.5) is 5.69 Å². The quantitative estimate of drug-likeness (QED) is 0.874. The normalized spacial score (nSPS) is 16.0. The van der Waals surface area contributed by atoms with Crippen molar-refractivity contribution in [2.75, 3.05) is 12.8 Å². The van der Waals surface area contributed by atoms with Gasteiger partial charge in [-0.1, -0.05) is 19.3 Å². The van der Waals surface area contributed by atoms with E-state index in [-0.39, 0.29) is 0 Å². The van der Waals surface area contributed by atoms with Crippen molar-refractivity contribution in [1.29, 1.82) is 0 Å². The summed E-state index contributed by atoms with van der Waals surface area (Å²) in [5, 5.41) is 12.2. The third-order valence-corrected chi connectivity index (χ3v) is 4.15. The summed E-state index contributed by atoms with van der Waals surface area (Å²) in [5.74, 6) is 2.13. The van der Waals surface area contributed by atoms with E-state index in [2.05, 4.69) is 15.5 Å². The number of nitrogens with two attached hydrogens (primary N) is 1. The molecule has 1 aromatic carbocycles. The minimum atomic E-state index is 0.660. The summed E-state index contributed by atoms with van der Waals surface area (Å²) in [6.07, 6.45) is 6.48. The second-order valence-electron chi connectivity index (χ2n) is 5.65. The van der Waals surface area contributed by atoms with Crippen LogP contribution in [-0.2, 0) is 6.54 Å². The fraction of sp³-hybridized carbons (Fsp3) is 0.533. The first-order valence-electron chi connectivity index (χ1n) is 7.48. The molecule has 1 fully saturated rings. The lowest BCUT2D eigenvalue weighted by Crippen LogP contribution is -2.16. The number of tetrazole rings is 1. The average Bonchev–Trinajstić information content (AvgIpc) is 2.96. The summed E-state index contributed by atoms with van der Waals surface area (Å²) in [7, 11) is 1.64. The predicted molar refractivity (Wildman–Crippen MR) is 80.8 cm³/mol.